The van der Waals surface area contributed by atoms with Gasteiger partial charge in [0.1, 0.15) is 0 Å². The van der Waals surface area contributed by atoms with Crippen molar-refractivity contribution in [1.29, 1.82) is 0 Å². The topological polar surface area (TPSA) is 15.3 Å². The Bertz CT molecular complexity index is 584. The van der Waals surface area contributed by atoms with Gasteiger partial charge in [0.2, 0.25) is 0 Å². The maximum absolute atomic E-state index is 3.63. The summed E-state index contributed by atoms with van der Waals surface area (Å²) in [5.74, 6) is 0. The van der Waals surface area contributed by atoms with Crippen molar-refractivity contribution in [2.24, 2.45) is 0 Å². The summed E-state index contributed by atoms with van der Waals surface area (Å²) in [5, 5.41) is 3.63. The average Bonchev–Trinajstić information content (AvgIpc) is 3.11. The van der Waals surface area contributed by atoms with Crippen molar-refractivity contribution in [3.63, 3.8) is 0 Å². The highest BCUT2D eigenvalue weighted by atomic mass is 32.1. The lowest BCUT2D eigenvalue weighted by molar-refractivity contribution is 0.331. The van der Waals surface area contributed by atoms with Gasteiger partial charge in [-0.1, -0.05) is 12.1 Å². The minimum Gasteiger partial charge on any atom is -0.378 e. The van der Waals surface area contributed by atoms with Gasteiger partial charge in [0, 0.05) is 22.0 Å². The van der Waals surface area contributed by atoms with Crippen molar-refractivity contribution in [2.75, 3.05) is 18.4 Å². The monoisotopic (exact) mass is 300 g/mol. The zero-order chi connectivity index (χ0) is 14.7. The van der Waals surface area contributed by atoms with Gasteiger partial charge < -0.3 is 5.32 Å². The fourth-order valence-corrected chi connectivity index (χ4v) is 3.85. The number of benzene rings is 1. The fraction of sp³-hybridized carbons (Fsp3) is 0.444. The van der Waals surface area contributed by atoms with Gasteiger partial charge in [-0.2, -0.15) is 0 Å². The van der Waals surface area contributed by atoms with Crippen molar-refractivity contribution in [1.82, 2.24) is 4.90 Å². The first-order valence-corrected chi connectivity index (χ1v) is 8.66. The number of nitrogens with zero attached hydrogens (tertiary/aromatic N) is 1. The molecule has 1 atom stereocenters. The van der Waals surface area contributed by atoms with Crippen LogP contribution in [0.5, 0.6) is 0 Å². The van der Waals surface area contributed by atoms with Crippen LogP contribution in [0.25, 0.3) is 0 Å². The predicted octanol–water partition coefficient (Wildman–Crippen LogP) is 4.83. The summed E-state index contributed by atoms with van der Waals surface area (Å²) in [6.45, 7) is 7.99. The van der Waals surface area contributed by atoms with Gasteiger partial charge in [-0.05, 0) is 69.6 Å². The van der Waals surface area contributed by atoms with E-state index in [-0.39, 0.29) is 0 Å². The molecule has 112 valence electrons. The summed E-state index contributed by atoms with van der Waals surface area (Å²) in [7, 11) is 0. The van der Waals surface area contributed by atoms with Crippen LogP contribution in [-0.2, 0) is 6.54 Å². The van der Waals surface area contributed by atoms with Crippen LogP contribution in [0.2, 0.25) is 0 Å². The lowest BCUT2D eigenvalue weighted by Gasteiger charge is -2.17. The Kier molecular flexibility index (Phi) is 4.61. The van der Waals surface area contributed by atoms with Crippen LogP contribution in [0.15, 0.2) is 36.4 Å². The van der Waals surface area contributed by atoms with Crippen molar-refractivity contribution in [2.45, 2.75) is 39.3 Å². The molecule has 1 aromatic carbocycles. The second kappa shape index (κ2) is 6.63. The van der Waals surface area contributed by atoms with E-state index < -0.39 is 0 Å². The van der Waals surface area contributed by atoms with E-state index in [1.54, 1.807) is 0 Å². The summed E-state index contributed by atoms with van der Waals surface area (Å²) >= 11 is 1.87. The zero-order valence-electron chi connectivity index (χ0n) is 12.9. The maximum Gasteiger partial charge on any atom is 0.0578 e. The number of anilines is 1. The van der Waals surface area contributed by atoms with Crippen molar-refractivity contribution < 1.29 is 0 Å². The molecule has 1 unspecified atom stereocenters. The van der Waals surface area contributed by atoms with Crippen LogP contribution in [-0.4, -0.2) is 18.0 Å². The van der Waals surface area contributed by atoms with E-state index in [1.807, 2.05) is 11.3 Å². The van der Waals surface area contributed by atoms with Gasteiger partial charge in [-0.3, -0.25) is 4.90 Å². The highest BCUT2D eigenvalue weighted by Gasteiger charge is 2.12. The molecule has 21 heavy (non-hydrogen) atoms. The molecule has 1 aliphatic heterocycles. The highest BCUT2D eigenvalue weighted by Crippen LogP contribution is 2.26. The molecule has 3 rings (SSSR count). The molecule has 0 aliphatic carbocycles. The summed E-state index contributed by atoms with van der Waals surface area (Å²) < 4.78 is 0. The fourth-order valence-electron chi connectivity index (χ4n) is 2.97. The molecule has 1 aliphatic rings. The van der Waals surface area contributed by atoms with E-state index in [0.717, 1.165) is 6.54 Å². The molecule has 0 spiro atoms. The third kappa shape index (κ3) is 3.86. The van der Waals surface area contributed by atoms with E-state index in [0.29, 0.717) is 6.04 Å². The van der Waals surface area contributed by atoms with Gasteiger partial charge in [0.05, 0.1) is 6.04 Å². The number of rotatable bonds is 5. The maximum atomic E-state index is 3.63. The Morgan fingerprint density at radius 1 is 1.19 bits per heavy atom. The van der Waals surface area contributed by atoms with E-state index in [1.165, 1.54) is 46.9 Å². The van der Waals surface area contributed by atoms with E-state index in [9.17, 15) is 0 Å². The van der Waals surface area contributed by atoms with Gasteiger partial charge in [0.25, 0.3) is 0 Å². The SMILES string of the molecule is Cc1ccc(C(C)Nc2cccc(CN3CCCC3)c2)s1. The molecule has 1 saturated heterocycles. The second-order valence-electron chi connectivity index (χ2n) is 6.00. The molecule has 0 amide bonds. The number of aryl methyl sites for hydroxylation is 1. The number of likely N-dealkylation sites (tertiary alicyclic amines) is 1. The largest absolute Gasteiger partial charge is 0.378 e. The Morgan fingerprint density at radius 2 is 2.00 bits per heavy atom. The van der Waals surface area contributed by atoms with Crippen LogP contribution in [0, 0.1) is 6.92 Å². The molecule has 0 saturated carbocycles. The van der Waals surface area contributed by atoms with Crippen LogP contribution >= 0.6 is 11.3 Å². The van der Waals surface area contributed by atoms with Crippen LogP contribution in [0.4, 0.5) is 5.69 Å². The highest BCUT2D eigenvalue weighted by molar-refractivity contribution is 7.12. The molecule has 2 heterocycles. The van der Waals surface area contributed by atoms with Crippen LogP contribution in [0.1, 0.15) is 41.1 Å². The molecule has 0 radical (unpaired) electrons. The van der Waals surface area contributed by atoms with Crippen molar-refractivity contribution in [3.8, 4) is 0 Å². The van der Waals surface area contributed by atoms with Crippen molar-refractivity contribution in [3.05, 3.63) is 51.7 Å². The average molecular weight is 300 g/mol. The molecule has 2 aromatic rings. The minimum atomic E-state index is 0.366. The van der Waals surface area contributed by atoms with Gasteiger partial charge in [0.15, 0.2) is 0 Å². The zero-order valence-corrected chi connectivity index (χ0v) is 13.7. The standard InChI is InChI=1S/C18H24N2S/c1-14-8-9-18(21-14)15(2)19-17-7-5-6-16(12-17)13-20-10-3-4-11-20/h5-9,12,15,19H,3-4,10-11,13H2,1-2H3. The third-order valence-corrected chi connectivity index (χ3v) is 5.29. The Labute approximate surface area is 131 Å². The predicted molar refractivity (Wildman–Crippen MR) is 92.0 cm³/mol. The smallest absolute Gasteiger partial charge is 0.0578 e. The van der Waals surface area contributed by atoms with Gasteiger partial charge in [-0.15, -0.1) is 11.3 Å². The second-order valence-corrected chi connectivity index (χ2v) is 7.32. The van der Waals surface area contributed by atoms with Gasteiger partial charge >= 0.3 is 0 Å². The molecular weight excluding hydrogens is 276 g/mol. The third-order valence-electron chi connectivity index (χ3n) is 4.10. The number of nitrogens with one attached hydrogen (secondary N) is 1. The first kappa shape index (κ1) is 14.6. The Balaban J connectivity index is 1.65. The van der Waals surface area contributed by atoms with Gasteiger partial charge in [-0.25, -0.2) is 0 Å². The summed E-state index contributed by atoms with van der Waals surface area (Å²) in [6.07, 6.45) is 2.71. The van der Waals surface area contributed by atoms with Crippen LogP contribution < -0.4 is 5.32 Å². The Morgan fingerprint density at radius 3 is 2.71 bits per heavy atom. The first-order valence-electron chi connectivity index (χ1n) is 7.85. The molecule has 3 heteroatoms. The lowest BCUT2D eigenvalue weighted by Crippen LogP contribution is -2.18. The summed E-state index contributed by atoms with van der Waals surface area (Å²) in [5.41, 5.74) is 2.64. The lowest BCUT2D eigenvalue weighted by atomic mass is 10.1. The molecule has 1 aromatic heterocycles. The Hall–Kier alpha value is -1.32. The van der Waals surface area contributed by atoms with E-state index in [2.05, 4.69) is 60.5 Å². The quantitative estimate of drug-likeness (QED) is 0.851. The molecule has 2 nitrogen and oxygen atoms in total. The molecule has 1 N–H and O–H groups in total. The number of hydrogen-bond acceptors (Lipinski definition) is 3. The minimum absolute atomic E-state index is 0.366. The molecule has 1 fully saturated rings. The van der Waals surface area contributed by atoms with E-state index in [4.69, 9.17) is 0 Å². The summed E-state index contributed by atoms with van der Waals surface area (Å²) in [4.78, 5) is 5.32. The first-order chi connectivity index (χ1) is 10.2. The normalized spacial score (nSPS) is 17.0. The van der Waals surface area contributed by atoms with E-state index >= 15 is 0 Å². The number of hydrogen-bond donors (Lipinski definition) is 1. The van der Waals surface area contributed by atoms with Crippen LogP contribution in [0.3, 0.4) is 0 Å². The van der Waals surface area contributed by atoms with Crippen molar-refractivity contribution >= 4 is 17.0 Å². The number of thiophene rings is 1. The molecular formula is C18H24N2S. The summed E-state index contributed by atoms with van der Waals surface area (Å²) in [6, 6.07) is 13.7. The molecule has 0 bridgehead atoms.